The molecule has 0 atom stereocenters. The molecule has 2 aromatic heterocycles. The van der Waals surface area contributed by atoms with Crippen LogP contribution in [-0.4, -0.2) is 37.0 Å². The SMILES string of the molecule is CC(C)(O)c1cc2nn([C@H]3CC[C@H](C=O)CC3)cc2cc1NC(=O)c1cnc(C(F)(F)F)nc1. The zero-order chi connectivity index (χ0) is 24.7. The number of aliphatic hydroxyl groups is 1. The fourth-order valence-electron chi connectivity index (χ4n) is 4.18. The number of nitrogens with zero attached hydrogens (tertiary/aromatic N) is 4. The molecule has 1 aliphatic rings. The van der Waals surface area contributed by atoms with Crippen molar-refractivity contribution >= 4 is 28.8 Å². The third kappa shape index (κ3) is 4.93. The number of carbonyl (C=O) groups excluding carboxylic acids is 2. The lowest BCUT2D eigenvalue weighted by atomic mass is 9.87. The standard InChI is InChI=1S/C23H24F3N5O3/c1-22(2,34)17-8-18-14(11-31(30-18)16-5-3-13(12-32)4-6-16)7-19(17)29-20(33)15-9-27-21(28-10-15)23(24,25)26/h7-13,16,34H,3-6H2,1-2H3,(H,29,33)/t13-,16-. The fraction of sp³-hybridized carbons (Fsp3) is 0.435. The highest BCUT2D eigenvalue weighted by atomic mass is 19.4. The second-order valence-electron chi connectivity index (χ2n) is 9.08. The van der Waals surface area contributed by atoms with E-state index in [1.165, 1.54) is 0 Å². The van der Waals surface area contributed by atoms with Gasteiger partial charge in [0.1, 0.15) is 6.29 Å². The highest BCUT2D eigenvalue weighted by molar-refractivity contribution is 6.05. The molecule has 34 heavy (non-hydrogen) atoms. The Balaban J connectivity index is 1.63. The predicted octanol–water partition coefficient (Wildman–Crippen LogP) is 4.26. The summed E-state index contributed by atoms with van der Waals surface area (Å²) in [6, 6.07) is 3.50. The highest BCUT2D eigenvalue weighted by Crippen LogP contribution is 2.35. The molecule has 1 amide bonds. The third-order valence-electron chi connectivity index (χ3n) is 6.04. The average molecular weight is 475 g/mol. The maximum absolute atomic E-state index is 12.7. The minimum Gasteiger partial charge on any atom is -0.386 e. The molecule has 0 spiro atoms. The number of hydrogen-bond donors (Lipinski definition) is 2. The zero-order valence-electron chi connectivity index (χ0n) is 18.6. The topological polar surface area (TPSA) is 110 Å². The Morgan fingerprint density at radius 1 is 1.15 bits per heavy atom. The van der Waals surface area contributed by atoms with Crippen LogP contribution in [0.2, 0.25) is 0 Å². The number of fused-ring (bicyclic) bond motifs is 1. The molecular weight excluding hydrogens is 451 g/mol. The molecular formula is C23H24F3N5O3. The molecule has 3 aromatic rings. The van der Waals surface area contributed by atoms with Gasteiger partial charge in [-0.15, -0.1) is 0 Å². The number of rotatable bonds is 5. The van der Waals surface area contributed by atoms with Crippen LogP contribution in [0.4, 0.5) is 18.9 Å². The lowest BCUT2D eigenvalue weighted by molar-refractivity contribution is -0.145. The van der Waals surface area contributed by atoms with Crippen LogP contribution in [0.1, 0.15) is 67.3 Å². The second kappa shape index (κ2) is 8.79. The first-order valence-electron chi connectivity index (χ1n) is 10.9. The van der Waals surface area contributed by atoms with Gasteiger partial charge in [-0.2, -0.15) is 18.3 Å². The van der Waals surface area contributed by atoms with Gasteiger partial charge in [-0.1, -0.05) is 0 Å². The summed E-state index contributed by atoms with van der Waals surface area (Å²) in [5, 5.41) is 18.7. The number of anilines is 1. The van der Waals surface area contributed by atoms with Gasteiger partial charge in [0.2, 0.25) is 5.82 Å². The van der Waals surface area contributed by atoms with Crippen LogP contribution in [0, 0.1) is 5.92 Å². The lowest BCUT2D eigenvalue weighted by Crippen LogP contribution is -2.21. The molecule has 0 bridgehead atoms. The maximum atomic E-state index is 12.7. The van der Waals surface area contributed by atoms with Crippen molar-refractivity contribution in [2.45, 2.75) is 57.3 Å². The number of benzene rings is 1. The van der Waals surface area contributed by atoms with E-state index in [0.717, 1.165) is 49.7 Å². The first-order chi connectivity index (χ1) is 16.0. The summed E-state index contributed by atoms with van der Waals surface area (Å²) in [6.07, 6.45) is 3.02. The zero-order valence-corrected chi connectivity index (χ0v) is 18.6. The van der Waals surface area contributed by atoms with E-state index in [2.05, 4.69) is 20.4 Å². The minimum atomic E-state index is -4.71. The van der Waals surface area contributed by atoms with Gasteiger partial charge in [-0.25, -0.2) is 9.97 Å². The first kappa shape index (κ1) is 23.8. The third-order valence-corrected chi connectivity index (χ3v) is 6.04. The molecule has 1 aromatic carbocycles. The molecule has 0 unspecified atom stereocenters. The van der Waals surface area contributed by atoms with Crippen LogP contribution >= 0.6 is 0 Å². The molecule has 11 heteroatoms. The van der Waals surface area contributed by atoms with E-state index >= 15 is 0 Å². The van der Waals surface area contributed by atoms with Crippen molar-refractivity contribution in [3.63, 3.8) is 0 Å². The van der Waals surface area contributed by atoms with Crippen molar-refractivity contribution in [3.05, 3.63) is 47.7 Å². The van der Waals surface area contributed by atoms with Gasteiger partial charge in [-0.05, 0) is 51.7 Å². The van der Waals surface area contributed by atoms with Gasteiger partial charge in [0.05, 0.1) is 22.7 Å². The number of aldehydes is 1. The van der Waals surface area contributed by atoms with Gasteiger partial charge in [0.15, 0.2) is 0 Å². The largest absolute Gasteiger partial charge is 0.451 e. The Morgan fingerprint density at radius 3 is 2.35 bits per heavy atom. The lowest BCUT2D eigenvalue weighted by Gasteiger charge is -2.25. The van der Waals surface area contributed by atoms with Gasteiger partial charge < -0.3 is 15.2 Å². The van der Waals surface area contributed by atoms with Gasteiger partial charge >= 0.3 is 6.18 Å². The van der Waals surface area contributed by atoms with Crippen molar-refractivity contribution in [1.29, 1.82) is 0 Å². The summed E-state index contributed by atoms with van der Waals surface area (Å²) in [5.74, 6) is -1.96. The van der Waals surface area contributed by atoms with Crippen LogP contribution in [0.15, 0.2) is 30.7 Å². The van der Waals surface area contributed by atoms with E-state index in [1.54, 1.807) is 26.0 Å². The molecule has 0 radical (unpaired) electrons. The van der Waals surface area contributed by atoms with Crippen molar-refractivity contribution in [2.75, 3.05) is 5.32 Å². The van der Waals surface area contributed by atoms with Crippen LogP contribution in [0.5, 0.6) is 0 Å². The van der Waals surface area contributed by atoms with Crippen molar-refractivity contribution < 1.29 is 27.9 Å². The summed E-state index contributed by atoms with van der Waals surface area (Å²) >= 11 is 0. The number of hydrogen-bond acceptors (Lipinski definition) is 6. The Hall–Kier alpha value is -3.34. The van der Waals surface area contributed by atoms with Crippen molar-refractivity contribution in [3.8, 4) is 0 Å². The molecule has 1 fully saturated rings. The number of halogens is 3. The highest BCUT2D eigenvalue weighted by Gasteiger charge is 2.34. The van der Waals surface area contributed by atoms with E-state index in [4.69, 9.17) is 0 Å². The first-order valence-corrected chi connectivity index (χ1v) is 10.9. The van der Waals surface area contributed by atoms with Crippen molar-refractivity contribution in [2.24, 2.45) is 5.92 Å². The normalized spacial score (nSPS) is 19.2. The summed E-state index contributed by atoms with van der Waals surface area (Å²) in [7, 11) is 0. The second-order valence-corrected chi connectivity index (χ2v) is 9.08. The Morgan fingerprint density at radius 2 is 1.79 bits per heavy atom. The number of amides is 1. The molecule has 1 aliphatic carbocycles. The molecule has 8 nitrogen and oxygen atoms in total. The molecule has 2 N–H and O–H groups in total. The Labute approximate surface area is 193 Å². The summed E-state index contributed by atoms with van der Waals surface area (Å²) < 4.78 is 39.9. The van der Waals surface area contributed by atoms with Gasteiger partial charge in [-0.3, -0.25) is 9.48 Å². The number of nitrogens with one attached hydrogen (secondary N) is 1. The van der Waals surface area contributed by atoms with E-state index in [0.29, 0.717) is 16.8 Å². The van der Waals surface area contributed by atoms with Crippen LogP contribution in [0.25, 0.3) is 10.9 Å². The number of carbonyl (C=O) groups is 2. The molecule has 0 saturated heterocycles. The van der Waals surface area contributed by atoms with E-state index in [-0.39, 0.29) is 17.5 Å². The Bertz CT molecular complexity index is 1210. The summed E-state index contributed by atoms with van der Waals surface area (Å²) in [4.78, 5) is 30.2. The minimum absolute atomic E-state index is 0.0824. The van der Waals surface area contributed by atoms with Crippen molar-refractivity contribution in [1.82, 2.24) is 19.7 Å². The summed E-state index contributed by atoms with van der Waals surface area (Å²) in [6.45, 7) is 3.12. The smallest absolute Gasteiger partial charge is 0.386 e. The van der Waals surface area contributed by atoms with Gasteiger partial charge in [0.25, 0.3) is 5.91 Å². The predicted molar refractivity (Wildman–Crippen MR) is 117 cm³/mol. The fourth-order valence-corrected chi connectivity index (χ4v) is 4.18. The number of aromatic nitrogens is 4. The van der Waals surface area contributed by atoms with Gasteiger partial charge in [0, 0.05) is 41.1 Å². The monoisotopic (exact) mass is 475 g/mol. The number of alkyl halides is 3. The van der Waals surface area contributed by atoms with E-state index in [9.17, 15) is 27.9 Å². The molecule has 2 heterocycles. The molecule has 4 rings (SSSR count). The molecule has 1 saturated carbocycles. The van der Waals surface area contributed by atoms with E-state index in [1.807, 2.05) is 10.9 Å². The summed E-state index contributed by atoms with van der Waals surface area (Å²) in [5.41, 5.74) is -0.160. The van der Waals surface area contributed by atoms with Crippen LogP contribution < -0.4 is 5.32 Å². The Kier molecular flexibility index (Phi) is 6.15. The average Bonchev–Trinajstić information content (AvgIpc) is 3.20. The maximum Gasteiger partial charge on any atom is 0.451 e. The quantitative estimate of drug-likeness (QED) is 0.534. The van der Waals surface area contributed by atoms with Crippen LogP contribution in [0.3, 0.4) is 0 Å². The molecule has 0 aliphatic heterocycles. The van der Waals surface area contributed by atoms with E-state index < -0.39 is 23.5 Å². The van der Waals surface area contributed by atoms with Crippen LogP contribution in [-0.2, 0) is 16.6 Å². The molecule has 180 valence electrons.